The van der Waals surface area contributed by atoms with E-state index in [0.29, 0.717) is 19.4 Å². The number of rotatable bonds is 13. The lowest BCUT2D eigenvalue weighted by molar-refractivity contribution is 0.0354. The molecular formula is C28H35N11O. The molecule has 5 rings (SSSR count). The first kappa shape index (κ1) is 27.3. The van der Waals surface area contributed by atoms with Gasteiger partial charge in [0.1, 0.15) is 23.5 Å². The van der Waals surface area contributed by atoms with Gasteiger partial charge in [0.2, 0.25) is 0 Å². The van der Waals surface area contributed by atoms with Crippen LogP contribution >= 0.6 is 0 Å². The molecule has 12 nitrogen and oxygen atoms in total. The Hall–Kier alpha value is -4.26. The van der Waals surface area contributed by atoms with Gasteiger partial charge in [-0.05, 0) is 25.0 Å². The Labute approximate surface area is 233 Å². The highest BCUT2D eigenvalue weighted by Gasteiger charge is 2.25. The molecule has 12 heteroatoms. The van der Waals surface area contributed by atoms with Crippen LogP contribution in [0.5, 0.6) is 0 Å². The highest BCUT2D eigenvalue weighted by molar-refractivity contribution is 5.21. The van der Waals surface area contributed by atoms with Gasteiger partial charge in [-0.25, -0.2) is 19.5 Å². The number of hydrogen-bond donors (Lipinski definition) is 2. The molecule has 0 aliphatic carbocycles. The van der Waals surface area contributed by atoms with E-state index in [1.54, 1.807) is 7.05 Å². The zero-order chi connectivity index (χ0) is 27.9. The molecule has 208 valence electrons. The maximum atomic E-state index is 6.08. The predicted octanol–water partition coefficient (Wildman–Crippen LogP) is 2.86. The Morgan fingerprint density at radius 2 is 1.15 bits per heavy atom. The van der Waals surface area contributed by atoms with E-state index in [0.717, 1.165) is 28.2 Å². The quantitative estimate of drug-likeness (QED) is 0.215. The molecule has 0 aliphatic heterocycles. The Morgan fingerprint density at radius 1 is 0.700 bits per heavy atom. The summed E-state index contributed by atoms with van der Waals surface area (Å²) in [6, 6.07) is 19.9. The van der Waals surface area contributed by atoms with Crippen LogP contribution in [-0.2, 0) is 17.7 Å². The average molecular weight is 542 g/mol. The fourth-order valence-corrected chi connectivity index (χ4v) is 4.53. The van der Waals surface area contributed by atoms with E-state index < -0.39 is 0 Å². The smallest absolute Gasteiger partial charge is 0.108 e. The molecular weight excluding hydrogens is 506 g/mol. The predicted molar refractivity (Wildman–Crippen MR) is 149 cm³/mol. The molecule has 3 N–H and O–H groups in total. The van der Waals surface area contributed by atoms with Crippen LogP contribution in [0.1, 0.15) is 66.2 Å². The second-order valence-electron chi connectivity index (χ2n) is 9.93. The maximum Gasteiger partial charge on any atom is 0.108 e. The van der Waals surface area contributed by atoms with Crippen molar-refractivity contribution in [3.8, 4) is 0 Å². The van der Waals surface area contributed by atoms with Crippen molar-refractivity contribution in [2.45, 2.75) is 50.9 Å². The van der Waals surface area contributed by atoms with E-state index in [2.05, 4.69) is 60.7 Å². The van der Waals surface area contributed by atoms with E-state index in [1.165, 1.54) is 0 Å². The molecule has 3 heterocycles. The minimum Gasteiger partial charge on any atom is -0.323 e. The van der Waals surface area contributed by atoms with Crippen molar-refractivity contribution in [3.05, 3.63) is 107 Å². The summed E-state index contributed by atoms with van der Waals surface area (Å²) in [6.45, 7) is 4.38. The minimum absolute atomic E-state index is 0.000849. The van der Waals surface area contributed by atoms with Crippen LogP contribution < -0.4 is 11.2 Å². The number of hydrogen-bond acceptors (Lipinski definition) is 9. The summed E-state index contributed by atoms with van der Waals surface area (Å²) in [4.78, 5) is 5.35. The summed E-state index contributed by atoms with van der Waals surface area (Å²) in [5, 5.41) is 26.8. The average Bonchev–Trinajstić information content (AvgIpc) is 3.76. The maximum absolute atomic E-state index is 6.08. The van der Waals surface area contributed by atoms with Crippen molar-refractivity contribution in [1.82, 2.24) is 50.5 Å². The third-order valence-electron chi connectivity index (χ3n) is 6.84. The molecule has 0 spiro atoms. The lowest BCUT2D eigenvalue weighted by atomic mass is 10.0. The SMILES string of the molecule is CNOC[C@H](C)n1cc([C@H](Cc2ccccc2)n2cc([C@H](Cc3ccccc3)n3cc([C@H](C)N)nn3)nn2)nn1. The first-order valence-electron chi connectivity index (χ1n) is 13.4. The van der Waals surface area contributed by atoms with Gasteiger partial charge in [-0.3, -0.25) is 4.84 Å². The largest absolute Gasteiger partial charge is 0.323 e. The molecule has 40 heavy (non-hydrogen) atoms. The van der Waals surface area contributed by atoms with Crippen LogP contribution in [0.2, 0.25) is 0 Å². The highest BCUT2D eigenvalue weighted by Crippen LogP contribution is 2.26. The van der Waals surface area contributed by atoms with E-state index >= 15 is 0 Å². The van der Waals surface area contributed by atoms with E-state index in [-0.39, 0.29) is 24.2 Å². The molecule has 0 saturated carbocycles. The first-order chi connectivity index (χ1) is 19.5. The number of nitrogens with zero attached hydrogens (tertiary/aromatic N) is 9. The van der Waals surface area contributed by atoms with Crippen LogP contribution in [0.4, 0.5) is 0 Å². The van der Waals surface area contributed by atoms with Crippen LogP contribution in [0, 0.1) is 0 Å². The van der Waals surface area contributed by atoms with Crippen molar-refractivity contribution in [3.63, 3.8) is 0 Å². The van der Waals surface area contributed by atoms with Gasteiger partial charge in [0, 0.05) is 25.9 Å². The standard InChI is InChI=1S/C28H35N11O/c1-20(19-40-30-3)37-17-25(32-34-37)27(14-22-10-6-4-7-11-22)39-18-26(33-36-39)28(15-23-12-8-5-9-13-23)38-16-24(21(2)29)31-35-38/h4-13,16-18,20-21,27-28,30H,14-15,19,29H2,1-3H3/t20-,21-,27-,28-/m0/s1. The molecule has 0 aliphatic rings. The lowest BCUT2D eigenvalue weighted by Crippen LogP contribution is -2.18. The Balaban J connectivity index is 1.49. The minimum atomic E-state index is -0.222. The summed E-state index contributed by atoms with van der Waals surface area (Å²) >= 11 is 0. The van der Waals surface area contributed by atoms with Gasteiger partial charge in [0.25, 0.3) is 0 Å². The molecule has 2 aromatic carbocycles. The second kappa shape index (κ2) is 12.7. The van der Waals surface area contributed by atoms with Crippen LogP contribution in [0.3, 0.4) is 0 Å². The molecule has 0 fully saturated rings. The molecule has 0 saturated heterocycles. The van der Waals surface area contributed by atoms with Crippen molar-refractivity contribution >= 4 is 0 Å². The zero-order valence-corrected chi connectivity index (χ0v) is 22.9. The van der Waals surface area contributed by atoms with Crippen molar-refractivity contribution < 1.29 is 4.84 Å². The number of hydroxylamine groups is 1. The number of nitrogens with one attached hydrogen (secondary N) is 1. The Bertz CT molecular complexity index is 1460. The molecule has 0 bridgehead atoms. The normalized spacial score (nSPS) is 14.6. The van der Waals surface area contributed by atoms with Gasteiger partial charge in [-0.1, -0.05) is 76.3 Å². The van der Waals surface area contributed by atoms with Gasteiger partial charge in [0.05, 0.1) is 36.9 Å². The molecule has 0 amide bonds. The summed E-state index contributed by atoms with van der Waals surface area (Å²) in [6.07, 6.45) is 7.15. The van der Waals surface area contributed by atoms with Crippen molar-refractivity contribution in [1.29, 1.82) is 0 Å². The Kier molecular flexibility index (Phi) is 8.69. The second-order valence-corrected chi connectivity index (χ2v) is 9.93. The third kappa shape index (κ3) is 6.47. The summed E-state index contributed by atoms with van der Waals surface area (Å²) < 4.78 is 5.50. The molecule has 3 aromatic heterocycles. The van der Waals surface area contributed by atoms with Gasteiger partial charge in [0.15, 0.2) is 0 Å². The van der Waals surface area contributed by atoms with Gasteiger partial charge in [-0.15, -0.1) is 15.3 Å². The van der Waals surface area contributed by atoms with E-state index in [1.807, 2.05) is 82.9 Å². The van der Waals surface area contributed by atoms with Crippen molar-refractivity contribution in [2.24, 2.45) is 5.73 Å². The van der Waals surface area contributed by atoms with Crippen LogP contribution in [0.15, 0.2) is 79.3 Å². The van der Waals surface area contributed by atoms with E-state index in [9.17, 15) is 0 Å². The van der Waals surface area contributed by atoms with Gasteiger partial charge < -0.3 is 5.73 Å². The van der Waals surface area contributed by atoms with Crippen molar-refractivity contribution in [2.75, 3.05) is 13.7 Å². The number of aromatic nitrogens is 9. The van der Waals surface area contributed by atoms with Crippen LogP contribution in [0.25, 0.3) is 0 Å². The fourth-order valence-electron chi connectivity index (χ4n) is 4.53. The monoisotopic (exact) mass is 541 g/mol. The van der Waals surface area contributed by atoms with Gasteiger partial charge in [-0.2, -0.15) is 0 Å². The molecule has 5 aromatic rings. The summed E-state index contributed by atoms with van der Waals surface area (Å²) in [7, 11) is 1.74. The molecule has 0 radical (unpaired) electrons. The number of nitrogens with two attached hydrogens (primary N) is 1. The molecule has 0 unspecified atom stereocenters. The number of benzene rings is 2. The zero-order valence-electron chi connectivity index (χ0n) is 22.9. The fraction of sp³-hybridized carbons (Fsp3) is 0.357. The Morgan fingerprint density at radius 3 is 1.62 bits per heavy atom. The highest BCUT2D eigenvalue weighted by atomic mass is 16.6. The van der Waals surface area contributed by atoms with Crippen LogP contribution in [-0.4, -0.2) is 58.6 Å². The lowest BCUT2D eigenvalue weighted by Gasteiger charge is -2.16. The van der Waals surface area contributed by atoms with Gasteiger partial charge >= 0.3 is 0 Å². The molecule has 4 atom stereocenters. The topological polar surface area (TPSA) is 139 Å². The van der Waals surface area contributed by atoms with E-state index in [4.69, 9.17) is 10.6 Å². The summed E-state index contributed by atoms with van der Waals surface area (Å²) in [5.74, 6) is 0. The summed E-state index contributed by atoms with van der Waals surface area (Å²) in [5.41, 5.74) is 13.4. The third-order valence-corrected chi connectivity index (χ3v) is 6.84. The first-order valence-corrected chi connectivity index (χ1v) is 13.4.